The van der Waals surface area contributed by atoms with Crippen LogP contribution in [0.1, 0.15) is 4.88 Å². The molecule has 16 heavy (non-hydrogen) atoms. The van der Waals surface area contributed by atoms with Crippen molar-refractivity contribution in [1.29, 1.82) is 0 Å². The van der Waals surface area contributed by atoms with Gasteiger partial charge in [0.15, 0.2) is 0 Å². The summed E-state index contributed by atoms with van der Waals surface area (Å²) < 4.78 is 13.1. The number of thioether (sulfide) groups is 1. The first-order valence-electron chi connectivity index (χ1n) is 4.96. The Labute approximate surface area is 102 Å². The average Bonchev–Trinajstić information content (AvgIpc) is 2.76. The van der Waals surface area contributed by atoms with Crippen LogP contribution in [0.5, 0.6) is 0 Å². The minimum atomic E-state index is -0.332. The summed E-state index contributed by atoms with van der Waals surface area (Å²) in [4.78, 5) is 2.30. The normalized spacial score (nSPS) is 10.6. The van der Waals surface area contributed by atoms with Gasteiger partial charge in [-0.1, -0.05) is 6.07 Å². The Morgan fingerprint density at radius 2 is 2.19 bits per heavy atom. The first-order chi connectivity index (χ1) is 7.75. The highest BCUT2D eigenvalue weighted by molar-refractivity contribution is 7.99. The minimum absolute atomic E-state index is 0.211. The molecule has 2 aromatic rings. The molecule has 2 N–H and O–H groups in total. The number of hydrogen-bond donors (Lipinski definition) is 1. The molecular formula is C12H12FNS2. The zero-order valence-electron chi connectivity index (χ0n) is 8.65. The van der Waals surface area contributed by atoms with E-state index in [0.717, 1.165) is 17.1 Å². The number of rotatable bonds is 4. The van der Waals surface area contributed by atoms with Crippen molar-refractivity contribution < 1.29 is 4.39 Å². The van der Waals surface area contributed by atoms with E-state index in [9.17, 15) is 4.39 Å². The fourth-order valence-corrected chi connectivity index (χ4v) is 3.07. The van der Waals surface area contributed by atoms with E-state index in [1.165, 1.54) is 10.9 Å². The van der Waals surface area contributed by atoms with Crippen molar-refractivity contribution in [2.45, 2.75) is 11.3 Å². The lowest BCUT2D eigenvalue weighted by Gasteiger charge is -2.02. The fraction of sp³-hybridized carbons (Fsp3) is 0.167. The van der Waals surface area contributed by atoms with Crippen molar-refractivity contribution in [2.24, 2.45) is 0 Å². The Kier molecular flexibility index (Phi) is 3.85. The van der Waals surface area contributed by atoms with Crippen molar-refractivity contribution in [1.82, 2.24) is 0 Å². The summed E-state index contributed by atoms with van der Waals surface area (Å²) in [6.45, 7) is 0. The van der Waals surface area contributed by atoms with Crippen LogP contribution in [0.2, 0.25) is 0 Å². The maximum Gasteiger partial charge on any atom is 0.147 e. The molecule has 0 radical (unpaired) electrons. The van der Waals surface area contributed by atoms with E-state index in [2.05, 4.69) is 11.4 Å². The highest BCUT2D eigenvalue weighted by Crippen LogP contribution is 2.23. The SMILES string of the molecule is Nc1ccc(SCCc2cccs2)cc1F. The van der Waals surface area contributed by atoms with E-state index in [0.29, 0.717) is 0 Å². The van der Waals surface area contributed by atoms with Crippen LogP contribution in [0.3, 0.4) is 0 Å². The molecule has 1 aromatic carbocycles. The molecule has 0 aliphatic rings. The van der Waals surface area contributed by atoms with Crippen molar-refractivity contribution in [3.63, 3.8) is 0 Å². The van der Waals surface area contributed by atoms with E-state index >= 15 is 0 Å². The predicted molar refractivity (Wildman–Crippen MR) is 69.6 cm³/mol. The van der Waals surface area contributed by atoms with Crippen LogP contribution >= 0.6 is 23.1 Å². The highest BCUT2D eigenvalue weighted by atomic mass is 32.2. The van der Waals surface area contributed by atoms with Gasteiger partial charge in [0.2, 0.25) is 0 Å². The predicted octanol–water partition coefficient (Wildman–Crippen LogP) is 3.80. The lowest BCUT2D eigenvalue weighted by molar-refractivity contribution is 0.629. The standard InChI is InChI=1S/C12H12FNS2/c13-11-8-10(3-4-12(11)14)16-7-5-9-2-1-6-15-9/h1-4,6,8H,5,7,14H2. The van der Waals surface area contributed by atoms with Crippen LogP contribution < -0.4 is 5.73 Å². The molecule has 0 saturated heterocycles. The highest BCUT2D eigenvalue weighted by Gasteiger charge is 2.01. The van der Waals surface area contributed by atoms with Crippen molar-refractivity contribution in [2.75, 3.05) is 11.5 Å². The number of benzene rings is 1. The second kappa shape index (κ2) is 5.37. The number of halogens is 1. The van der Waals surface area contributed by atoms with Crippen molar-refractivity contribution in [3.05, 3.63) is 46.4 Å². The van der Waals surface area contributed by atoms with Gasteiger partial charge in [0.05, 0.1) is 5.69 Å². The lowest BCUT2D eigenvalue weighted by Crippen LogP contribution is -1.90. The maximum absolute atomic E-state index is 13.1. The van der Waals surface area contributed by atoms with Crippen LogP contribution in [0.25, 0.3) is 0 Å². The number of thiophene rings is 1. The monoisotopic (exact) mass is 253 g/mol. The Hall–Kier alpha value is -1.00. The molecule has 0 aliphatic carbocycles. The summed E-state index contributed by atoms with van der Waals surface area (Å²) >= 11 is 3.41. The van der Waals surface area contributed by atoms with Gasteiger partial charge in [0, 0.05) is 15.5 Å². The first kappa shape index (κ1) is 11.5. The van der Waals surface area contributed by atoms with Crippen LogP contribution in [-0.2, 0) is 6.42 Å². The zero-order chi connectivity index (χ0) is 11.4. The number of nitrogens with two attached hydrogens (primary N) is 1. The molecule has 0 unspecified atom stereocenters. The van der Waals surface area contributed by atoms with E-state index in [1.54, 1.807) is 29.2 Å². The summed E-state index contributed by atoms with van der Waals surface area (Å²) in [5.41, 5.74) is 5.62. The lowest BCUT2D eigenvalue weighted by atomic mass is 10.3. The summed E-state index contributed by atoms with van der Waals surface area (Å²) in [5, 5.41) is 2.07. The van der Waals surface area contributed by atoms with E-state index < -0.39 is 0 Å². The van der Waals surface area contributed by atoms with Gasteiger partial charge >= 0.3 is 0 Å². The largest absolute Gasteiger partial charge is 0.396 e. The molecule has 0 saturated carbocycles. The smallest absolute Gasteiger partial charge is 0.147 e. The molecule has 0 fully saturated rings. The third-order valence-electron chi connectivity index (χ3n) is 2.17. The van der Waals surface area contributed by atoms with Gasteiger partial charge < -0.3 is 5.73 Å². The van der Waals surface area contributed by atoms with E-state index in [1.807, 2.05) is 12.1 Å². The van der Waals surface area contributed by atoms with Gasteiger partial charge in [-0.2, -0.15) is 0 Å². The topological polar surface area (TPSA) is 26.0 Å². The Bertz CT molecular complexity index is 454. The van der Waals surface area contributed by atoms with Crippen molar-refractivity contribution in [3.8, 4) is 0 Å². The molecule has 1 nitrogen and oxygen atoms in total. The molecule has 0 atom stereocenters. The molecule has 0 aliphatic heterocycles. The molecule has 84 valence electrons. The number of hydrogen-bond acceptors (Lipinski definition) is 3. The second-order valence-corrected chi connectivity index (χ2v) is 5.56. The maximum atomic E-state index is 13.1. The second-order valence-electron chi connectivity index (χ2n) is 3.36. The quantitative estimate of drug-likeness (QED) is 0.662. The molecule has 4 heteroatoms. The number of anilines is 1. The molecule has 0 amide bonds. The van der Waals surface area contributed by atoms with Gasteiger partial charge in [-0.25, -0.2) is 4.39 Å². The molecule has 1 heterocycles. The Morgan fingerprint density at radius 1 is 1.31 bits per heavy atom. The Balaban J connectivity index is 1.87. The zero-order valence-corrected chi connectivity index (χ0v) is 10.3. The average molecular weight is 253 g/mol. The minimum Gasteiger partial charge on any atom is -0.396 e. The molecule has 2 rings (SSSR count). The molecule has 1 aromatic heterocycles. The fourth-order valence-electron chi connectivity index (χ4n) is 1.32. The summed E-state index contributed by atoms with van der Waals surface area (Å²) in [5.74, 6) is 0.630. The number of nitrogen functional groups attached to an aromatic ring is 1. The van der Waals surface area contributed by atoms with E-state index in [-0.39, 0.29) is 11.5 Å². The van der Waals surface area contributed by atoms with Crippen LogP contribution in [-0.4, -0.2) is 5.75 Å². The summed E-state index contributed by atoms with van der Waals surface area (Å²) in [6.07, 6.45) is 1.02. The molecule has 0 spiro atoms. The van der Waals surface area contributed by atoms with Crippen LogP contribution in [0.4, 0.5) is 10.1 Å². The van der Waals surface area contributed by atoms with Gasteiger partial charge in [-0.15, -0.1) is 23.1 Å². The molecule has 0 bridgehead atoms. The van der Waals surface area contributed by atoms with E-state index in [4.69, 9.17) is 5.73 Å². The van der Waals surface area contributed by atoms with Crippen LogP contribution in [0, 0.1) is 5.82 Å². The first-order valence-corrected chi connectivity index (χ1v) is 6.82. The van der Waals surface area contributed by atoms with Gasteiger partial charge in [0.1, 0.15) is 5.82 Å². The van der Waals surface area contributed by atoms with Gasteiger partial charge in [0.25, 0.3) is 0 Å². The summed E-state index contributed by atoms with van der Waals surface area (Å²) in [6, 6.07) is 9.14. The van der Waals surface area contributed by atoms with Gasteiger partial charge in [-0.05, 0) is 36.1 Å². The Morgan fingerprint density at radius 3 is 2.88 bits per heavy atom. The van der Waals surface area contributed by atoms with Crippen LogP contribution in [0.15, 0.2) is 40.6 Å². The third kappa shape index (κ3) is 3.00. The molecular weight excluding hydrogens is 241 g/mol. The van der Waals surface area contributed by atoms with Gasteiger partial charge in [-0.3, -0.25) is 0 Å². The van der Waals surface area contributed by atoms with Crippen molar-refractivity contribution >= 4 is 28.8 Å². The summed E-state index contributed by atoms with van der Waals surface area (Å²) in [7, 11) is 0. The number of aryl methyl sites for hydroxylation is 1. The third-order valence-corrected chi connectivity index (χ3v) is 4.10.